The molecule has 0 atom stereocenters. The first-order valence-electron chi connectivity index (χ1n) is 11.6. The molecule has 0 unspecified atom stereocenters. The summed E-state index contributed by atoms with van der Waals surface area (Å²) in [4.78, 5) is 36.4. The van der Waals surface area contributed by atoms with Gasteiger partial charge in [0.2, 0.25) is 0 Å². The Hall–Kier alpha value is -4.02. The van der Waals surface area contributed by atoms with E-state index < -0.39 is 29.9 Å². The van der Waals surface area contributed by atoms with Crippen molar-refractivity contribution in [2.75, 3.05) is 19.8 Å². The molecule has 11 heteroatoms. The average Bonchev–Trinajstić information content (AvgIpc) is 3.66. The van der Waals surface area contributed by atoms with Gasteiger partial charge in [-0.1, -0.05) is 25.0 Å². The predicted molar refractivity (Wildman–Crippen MR) is 127 cm³/mol. The van der Waals surface area contributed by atoms with E-state index >= 15 is 0 Å². The number of halogens is 3. The third kappa shape index (κ3) is 10.2. The molecule has 37 heavy (non-hydrogen) atoms. The van der Waals surface area contributed by atoms with Gasteiger partial charge in [0.25, 0.3) is 11.8 Å². The molecule has 2 aromatic rings. The van der Waals surface area contributed by atoms with Crippen molar-refractivity contribution < 1.29 is 41.8 Å². The molecule has 2 amide bonds. The lowest BCUT2D eigenvalue weighted by atomic mass is 10.1. The van der Waals surface area contributed by atoms with Crippen LogP contribution < -0.4 is 20.1 Å². The summed E-state index contributed by atoms with van der Waals surface area (Å²) in [5.74, 6) is -0.847. The van der Waals surface area contributed by atoms with Gasteiger partial charge in [-0.2, -0.15) is 0 Å². The van der Waals surface area contributed by atoms with Crippen LogP contribution in [0.1, 0.15) is 42.1 Å². The lowest BCUT2D eigenvalue weighted by Gasteiger charge is -2.12. The summed E-state index contributed by atoms with van der Waals surface area (Å²) in [6.45, 7) is 1.73. The van der Waals surface area contributed by atoms with E-state index in [1.165, 1.54) is 38.0 Å². The van der Waals surface area contributed by atoms with Crippen LogP contribution in [0.5, 0.6) is 11.5 Å². The van der Waals surface area contributed by atoms with Crippen LogP contribution in [0.2, 0.25) is 0 Å². The van der Waals surface area contributed by atoms with Crippen LogP contribution in [0.4, 0.5) is 13.2 Å². The lowest BCUT2D eigenvalue weighted by molar-refractivity contribution is -0.274. The largest absolute Gasteiger partial charge is 0.573 e. The van der Waals surface area contributed by atoms with Crippen molar-refractivity contribution in [2.45, 2.75) is 32.5 Å². The van der Waals surface area contributed by atoms with Crippen LogP contribution in [0.25, 0.3) is 6.08 Å². The third-order valence-corrected chi connectivity index (χ3v) is 5.22. The van der Waals surface area contributed by atoms with Crippen molar-refractivity contribution >= 4 is 23.9 Å². The monoisotopic (exact) mass is 520 g/mol. The van der Waals surface area contributed by atoms with Gasteiger partial charge in [0, 0.05) is 12.5 Å². The van der Waals surface area contributed by atoms with Crippen LogP contribution in [0, 0.1) is 5.92 Å². The molecule has 0 spiro atoms. The summed E-state index contributed by atoms with van der Waals surface area (Å²) in [6, 6.07) is 11.2. The summed E-state index contributed by atoms with van der Waals surface area (Å²) in [7, 11) is 0. The van der Waals surface area contributed by atoms with Crippen molar-refractivity contribution in [3.63, 3.8) is 0 Å². The minimum absolute atomic E-state index is 0.0170. The number of alkyl halides is 3. The molecule has 0 aliphatic heterocycles. The van der Waals surface area contributed by atoms with Crippen molar-refractivity contribution in [1.82, 2.24) is 10.6 Å². The van der Waals surface area contributed by atoms with Gasteiger partial charge >= 0.3 is 12.3 Å². The predicted octanol–water partition coefficient (Wildman–Crippen LogP) is 4.21. The van der Waals surface area contributed by atoms with E-state index in [2.05, 4.69) is 15.4 Å². The normalized spacial score (nSPS) is 13.5. The number of esters is 1. The number of amides is 2. The van der Waals surface area contributed by atoms with Crippen molar-refractivity contribution in [3.05, 3.63) is 65.4 Å². The number of carbonyl (C=O) groups is 3. The second kappa shape index (κ2) is 12.8. The third-order valence-electron chi connectivity index (χ3n) is 5.22. The van der Waals surface area contributed by atoms with Gasteiger partial charge < -0.3 is 24.8 Å². The molecule has 1 fully saturated rings. The SMILES string of the molecule is CC(=O)OCCNC(=O)C(=Cc1ccc(OC(F)(F)F)cc1)NC(=O)c1ccc(OCCC2CC2)cc1. The topological polar surface area (TPSA) is 103 Å². The average molecular weight is 521 g/mol. The number of rotatable bonds is 12. The van der Waals surface area contributed by atoms with Crippen LogP contribution >= 0.6 is 0 Å². The minimum Gasteiger partial charge on any atom is -0.494 e. The van der Waals surface area contributed by atoms with E-state index in [0.717, 1.165) is 24.5 Å². The maximum atomic E-state index is 12.8. The number of nitrogens with one attached hydrogen (secondary N) is 2. The quantitative estimate of drug-likeness (QED) is 0.247. The molecule has 0 bridgehead atoms. The Kier molecular flexibility index (Phi) is 9.53. The molecule has 0 heterocycles. The fraction of sp³-hybridized carbons (Fsp3) is 0.346. The number of ether oxygens (including phenoxy) is 3. The first kappa shape index (κ1) is 27.6. The van der Waals surface area contributed by atoms with Crippen LogP contribution in [-0.2, 0) is 14.3 Å². The zero-order chi connectivity index (χ0) is 26.8. The first-order chi connectivity index (χ1) is 17.6. The Balaban J connectivity index is 1.68. The highest BCUT2D eigenvalue weighted by Gasteiger charge is 2.31. The zero-order valence-electron chi connectivity index (χ0n) is 20.1. The van der Waals surface area contributed by atoms with Gasteiger partial charge in [-0.15, -0.1) is 13.2 Å². The molecule has 3 rings (SSSR count). The molecule has 2 aromatic carbocycles. The molecule has 2 N–H and O–H groups in total. The Bertz CT molecular complexity index is 1110. The number of hydrogen-bond donors (Lipinski definition) is 2. The molecule has 0 radical (unpaired) electrons. The Morgan fingerprint density at radius 3 is 2.22 bits per heavy atom. The number of hydrogen-bond acceptors (Lipinski definition) is 6. The molecule has 198 valence electrons. The Labute approximate surface area is 211 Å². The molecule has 1 aliphatic carbocycles. The summed E-state index contributed by atoms with van der Waals surface area (Å²) in [5.41, 5.74) is 0.434. The second-order valence-corrected chi connectivity index (χ2v) is 8.33. The van der Waals surface area contributed by atoms with Gasteiger partial charge in [0.15, 0.2) is 0 Å². The minimum atomic E-state index is -4.84. The van der Waals surface area contributed by atoms with Crippen molar-refractivity contribution in [1.29, 1.82) is 0 Å². The molecular formula is C26H27F3N2O6. The van der Waals surface area contributed by atoms with E-state index in [9.17, 15) is 27.6 Å². The Morgan fingerprint density at radius 2 is 1.62 bits per heavy atom. The van der Waals surface area contributed by atoms with Gasteiger partial charge in [-0.3, -0.25) is 14.4 Å². The molecule has 0 aromatic heterocycles. The highest BCUT2D eigenvalue weighted by molar-refractivity contribution is 6.05. The number of carbonyl (C=O) groups excluding carboxylic acids is 3. The van der Waals surface area contributed by atoms with E-state index in [4.69, 9.17) is 9.47 Å². The molecular weight excluding hydrogens is 493 g/mol. The fourth-order valence-corrected chi connectivity index (χ4v) is 3.19. The smallest absolute Gasteiger partial charge is 0.494 e. The van der Waals surface area contributed by atoms with Crippen molar-refractivity contribution in [3.8, 4) is 11.5 Å². The second-order valence-electron chi connectivity index (χ2n) is 8.33. The van der Waals surface area contributed by atoms with E-state index in [-0.39, 0.29) is 24.4 Å². The zero-order valence-corrected chi connectivity index (χ0v) is 20.1. The summed E-state index contributed by atoms with van der Waals surface area (Å²) >= 11 is 0. The molecule has 0 saturated heterocycles. The molecule has 1 saturated carbocycles. The summed E-state index contributed by atoms with van der Waals surface area (Å²) in [5, 5.41) is 5.03. The lowest BCUT2D eigenvalue weighted by Crippen LogP contribution is -2.36. The maximum absolute atomic E-state index is 12.8. The number of benzene rings is 2. The first-order valence-corrected chi connectivity index (χ1v) is 11.6. The molecule has 1 aliphatic rings. The van der Waals surface area contributed by atoms with Gasteiger partial charge in [0.05, 0.1) is 13.2 Å². The van der Waals surface area contributed by atoms with Crippen LogP contribution in [-0.4, -0.2) is 43.9 Å². The summed E-state index contributed by atoms with van der Waals surface area (Å²) < 4.78 is 51.5. The van der Waals surface area contributed by atoms with E-state index in [1.54, 1.807) is 24.3 Å². The van der Waals surface area contributed by atoms with Gasteiger partial charge in [-0.25, -0.2) is 0 Å². The van der Waals surface area contributed by atoms with Gasteiger partial charge in [0.1, 0.15) is 23.8 Å². The summed E-state index contributed by atoms with van der Waals surface area (Å²) in [6.07, 6.45) is -0.0730. The Morgan fingerprint density at radius 1 is 0.973 bits per heavy atom. The van der Waals surface area contributed by atoms with E-state index in [0.29, 0.717) is 17.9 Å². The fourth-order valence-electron chi connectivity index (χ4n) is 3.19. The van der Waals surface area contributed by atoms with Crippen molar-refractivity contribution in [2.24, 2.45) is 5.92 Å². The standard InChI is InChI=1S/C26H27F3N2O6/c1-17(32)35-15-13-30-25(34)23(16-19-4-8-22(9-5-19)37-26(27,28)29)31-24(33)20-6-10-21(11-7-20)36-14-12-18-2-3-18/h4-11,16,18H,2-3,12-15H2,1H3,(H,30,34)(H,31,33). The van der Waals surface area contributed by atoms with Gasteiger partial charge in [-0.05, 0) is 60.4 Å². The maximum Gasteiger partial charge on any atom is 0.573 e. The van der Waals surface area contributed by atoms with E-state index in [1.807, 2.05) is 0 Å². The highest BCUT2D eigenvalue weighted by atomic mass is 19.4. The van der Waals surface area contributed by atoms with Crippen LogP contribution in [0.15, 0.2) is 54.2 Å². The highest BCUT2D eigenvalue weighted by Crippen LogP contribution is 2.32. The molecule has 8 nitrogen and oxygen atoms in total. The van der Waals surface area contributed by atoms with Crippen LogP contribution in [0.3, 0.4) is 0 Å².